The Bertz CT molecular complexity index is 586. The van der Waals surface area contributed by atoms with E-state index < -0.39 is 0 Å². The van der Waals surface area contributed by atoms with Crippen LogP contribution in [0.15, 0.2) is 47.1 Å². The van der Waals surface area contributed by atoms with Crippen LogP contribution in [-0.4, -0.2) is 17.4 Å². The van der Waals surface area contributed by atoms with E-state index in [0.717, 1.165) is 0 Å². The Labute approximate surface area is 119 Å². The van der Waals surface area contributed by atoms with E-state index in [1.54, 1.807) is 35.4 Å². The first-order valence-electron chi connectivity index (χ1n) is 5.81. The first kappa shape index (κ1) is 13.7. The molecular formula is C14H12BrFN2O. The molecule has 0 atom stereocenters. The van der Waals surface area contributed by atoms with Crippen LogP contribution in [0.4, 0.5) is 10.1 Å². The molecule has 1 amide bonds. The third kappa shape index (κ3) is 2.98. The van der Waals surface area contributed by atoms with Crippen molar-refractivity contribution in [1.29, 1.82) is 0 Å². The number of benzene rings is 1. The van der Waals surface area contributed by atoms with Crippen LogP contribution in [0.2, 0.25) is 0 Å². The van der Waals surface area contributed by atoms with Gasteiger partial charge in [0, 0.05) is 22.9 Å². The average molecular weight is 323 g/mol. The van der Waals surface area contributed by atoms with E-state index in [2.05, 4.69) is 20.9 Å². The summed E-state index contributed by atoms with van der Waals surface area (Å²) in [5, 5.41) is 0. The number of carbonyl (C=O) groups is 1. The molecule has 2 aromatic rings. The van der Waals surface area contributed by atoms with Gasteiger partial charge in [0.15, 0.2) is 0 Å². The fraction of sp³-hybridized carbons (Fsp3) is 0.143. The summed E-state index contributed by atoms with van der Waals surface area (Å²) in [7, 11) is 0. The first-order valence-corrected chi connectivity index (χ1v) is 6.60. The summed E-state index contributed by atoms with van der Waals surface area (Å²) in [4.78, 5) is 18.0. The number of nitrogens with zero attached hydrogens (tertiary/aromatic N) is 2. The highest BCUT2D eigenvalue weighted by atomic mass is 79.9. The number of rotatable bonds is 3. The number of anilines is 1. The standard InChI is InChI=1S/C14H12BrFN2O/c1-2-18(11-7-5-10(16)6-8-11)14(19)13-12(15)4-3-9-17-13/h3-9H,2H2,1H3. The van der Waals surface area contributed by atoms with Gasteiger partial charge in [-0.05, 0) is 59.3 Å². The number of carbonyl (C=O) groups excluding carboxylic acids is 1. The quantitative estimate of drug-likeness (QED) is 0.864. The minimum Gasteiger partial charge on any atom is -0.307 e. The van der Waals surface area contributed by atoms with Crippen molar-refractivity contribution in [2.45, 2.75) is 6.92 Å². The summed E-state index contributed by atoms with van der Waals surface area (Å²) in [6.45, 7) is 2.34. The van der Waals surface area contributed by atoms with Crippen molar-refractivity contribution >= 4 is 27.5 Å². The van der Waals surface area contributed by atoms with Crippen molar-refractivity contribution < 1.29 is 9.18 Å². The number of aromatic nitrogens is 1. The molecule has 2 rings (SSSR count). The summed E-state index contributed by atoms with van der Waals surface area (Å²) < 4.78 is 13.6. The number of hydrogen-bond donors (Lipinski definition) is 0. The van der Waals surface area contributed by atoms with Gasteiger partial charge in [-0.1, -0.05) is 0 Å². The Balaban J connectivity index is 2.35. The largest absolute Gasteiger partial charge is 0.307 e. The van der Waals surface area contributed by atoms with Crippen LogP contribution in [0.25, 0.3) is 0 Å². The lowest BCUT2D eigenvalue weighted by molar-refractivity contribution is 0.0982. The molecular weight excluding hydrogens is 311 g/mol. The second-order valence-corrected chi connectivity index (χ2v) is 4.71. The first-order chi connectivity index (χ1) is 9.13. The summed E-state index contributed by atoms with van der Waals surface area (Å²) >= 11 is 3.31. The van der Waals surface area contributed by atoms with Crippen LogP contribution in [0.3, 0.4) is 0 Å². The molecule has 98 valence electrons. The van der Waals surface area contributed by atoms with Crippen LogP contribution in [0.5, 0.6) is 0 Å². The van der Waals surface area contributed by atoms with E-state index in [1.807, 2.05) is 6.92 Å². The molecule has 0 N–H and O–H groups in total. The van der Waals surface area contributed by atoms with Crippen LogP contribution in [0.1, 0.15) is 17.4 Å². The van der Waals surface area contributed by atoms with Crippen molar-refractivity contribution in [3.63, 3.8) is 0 Å². The minimum absolute atomic E-state index is 0.221. The monoisotopic (exact) mass is 322 g/mol. The zero-order valence-electron chi connectivity index (χ0n) is 10.3. The van der Waals surface area contributed by atoms with Crippen LogP contribution in [0, 0.1) is 5.82 Å². The van der Waals surface area contributed by atoms with E-state index in [1.165, 1.54) is 12.1 Å². The van der Waals surface area contributed by atoms with E-state index in [9.17, 15) is 9.18 Å². The van der Waals surface area contributed by atoms with Gasteiger partial charge < -0.3 is 4.90 Å². The van der Waals surface area contributed by atoms with Gasteiger partial charge in [0.05, 0.1) is 0 Å². The van der Waals surface area contributed by atoms with Crippen molar-refractivity contribution in [2.24, 2.45) is 0 Å². The van der Waals surface area contributed by atoms with E-state index >= 15 is 0 Å². The Hall–Kier alpha value is -1.75. The van der Waals surface area contributed by atoms with Crippen LogP contribution < -0.4 is 4.90 Å². The van der Waals surface area contributed by atoms with Gasteiger partial charge in [0.25, 0.3) is 5.91 Å². The van der Waals surface area contributed by atoms with Crippen LogP contribution in [-0.2, 0) is 0 Å². The molecule has 0 bridgehead atoms. The maximum Gasteiger partial charge on any atom is 0.278 e. The van der Waals surface area contributed by atoms with Crippen molar-refractivity contribution in [3.05, 3.63) is 58.6 Å². The number of hydrogen-bond acceptors (Lipinski definition) is 2. The number of amides is 1. The average Bonchev–Trinajstić information content (AvgIpc) is 2.42. The summed E-state index contributed by atoms with van der Waals surface area (Å²) in [5.41, 5.74) is 0.986. The minimum atomic E-state index is -0.328. The molecule has 0 aliphatic carbocycles. The van der Waals surface area contributed by atoms with Gasteiger partial charge in [0.1, 0.15) is 11.5 Å². The molecule has 0 unspecified atom stereocenters. The van der Waals surface area contributed by atoms with Gasteiger partial charge >= 0.3 is 0 Å². The highest BCUT2D eigenvalue weighted by Crippen LogP contribution is 2.20. The van der Waals surface area contributed by atoms with Crippen molar-refractivity contribution in [1.82, 2.24) is 4.98 Å². The third-order valence-electron chi connectivity index (χ3n) is 2.66. The van der Waals surface area contributed by atoms with Gasteiger partial charge in [-0.15, -0.1) is 0 Å². The van der Waals surface area contributed by atoms with Gasteiger partial charge in [0.2, 0.25) is 0 Å². The lowest BCUT2D eigenvalue weighted by atomic mass is 10.2. The van der Waals surface area contributed by atoms with Gasteiger partial charge in [-0.25, -0.2) is 9.37 Å². The highest BCUT2D eigenvalue weighted by molar-refractivity contribution is 9.10. The molecule has 5 heteroatoms. The van der Waals surface area contributed by atoms with Crippen molar-refractivity contribution in [3.8, 4) is 0 Å². The second-order valence-electron chi connectivity index (χ2n) is 3.86. The second kappa shape index (κ2) is 5.93. The maximum atomic E-state index is 12.9. The molecule has 0 spiro atoms. The van der Waals surface area contributed by atoms with Crippen LogP contribution >= 0.6 is 15.9 Å². The Kier molecular flexibility index (Phi) is 4.27. The highest BCUT2D eigenvalue weighted by Gasteiger charge is 2.19. The zero-order valence-corrected chi connectivity index (χ0v) is 11.9. The lowest BCUT2D eigenvalue weighted by Crippen LogP contribution is -2.31. The Morgan fingerprint density at radius 2 is 2.00 bits per heavy atom. The molecule has 1 aromatic carbocycles. The maximum absolute atomic E-state index is 12.9. The Morgan fingerprint density at radius 3 is 2.58 bits per heavy atom. The molecule has 19 heavy (non-hydrogen) atoms. The third-order valence-corrected chi connectivity index (χ3v) is 3.30. The molecule has 3 nitrogen and oxygen atoms in total. The lowest BCUT2D eigenvalue weighted by Gasteiger charge is -2.21. The topological polar surface area (TPSA) is 33.2 Å². The predicted octanol–water partition coefficient (Wildman–Crippen LogP) is 3.65. The summed E-state index contributed by atoms with van der Waals surface area (Å²) in [6, 6.07) is 9.33. The normalized spacial score (nSPS) is 10.3. The zero-order chi connectivity index (χ0) is 13.8. The van der Waals surface area contributed by atoms with Gasteiger partial charge in [-0.2, -0.15) is 0 Å². The smallest absolute Gasteiger partial charge is 0.278 e. The molecule has 1 heterocycles. The molecule has 1 aromatic heterocycles. The molecule has 0 saturated heterocycles. The molecule has 0 fully saturated rings. The van der Waals surface area contributed by atoms with E-state index in [0.29, 0.717) is 22.4 Å². The SMILES string of the molecule is CCN(C(=O)c1ncccc1Br)c1ccc(F)cc1. The molecule has 0 radical (unpaired) electrons. The Morgan fingerprint density at radius 1 is 1.32 bits per heavy atom. The number of halogens is 2. The summed E-state index contributed by atoms with van der Waals surface area (Å²) in [6.07, 6.45) is 1.57. The number of pyridine rings is 1. The van der Waals surface area contributed by atoms with E-state index in [-0.39, 0.29) is 11.7 Å². The molecule has 0 saturated carbocycles. The predicted molar refractivity (Wildman–Crippen MR) is 75.7 cm³/mol. The fourth-order valence-corrected chi connectivity index (χ4v) is 2.16. The van der Waals surface area contributed by atoms with Crippen molar-refractivity contribution in [2.75, 3.05) is 11.4 Å². The molecule has 0 aliphatic rings. The van der Waals surface area contributed by atoms with Gasteiger partial charge in [-0.3, -0.25) is 4.79 Å². The fourth-order valence-electron chi connectivity index (χ4n) is 1.74. The van der Waals surface area contributed by atoms with E-state index in [4.69, 9.17) is 0 Å². The summed E-state index contributed by atoms with van der Waals surface area (Å²) in [5.74, 6) is -0.548. The molecule has 0 aliphatic heterocycles.